The van der Waals surface area contributed by atoms with Gasteiger partial charge in [-0.2, -0.15) is 0 Å². The number of carbonyl (C=O) groups excluding carboxylic acids is 1. The molecule has 3 heterocycles. The molecule has 1 aliphatic carbocycles. The highest BCUT2D eigenvalue weighted by Gasteiger charge is 2.54. The summed E-state index contributed by atoms with van der Waals surface area (Å²) in [5.41, 5.74) is 0.359. The largest absolute Gasteiger partial charge is 0.458 e. The number of esters is 1. The molecule has 0 bridgehead atoms. The molecule has 248 valence electrons. The molecule has 0 N–H and O–H groups in total. The third-order valence-corrected chi connectivity index (χ3v) is 15.7. The van der Waals surface area contributed by atoms with Crippen LogP contribution in [0.15, 0.2) is 66.0 Å². The van der Waals surface area contributed by atoms with E-state index in [1.54, 1.807) is 5.38 Å². The van der Waals surface area contributed by atoms with Gasteiger partial charge in [-0.3, -0.25) is 0 Å². The molecule has 1 saturated carbocycles. The predicted molar refractivity (Wildman–Crippen MR) is 183 cm³/mol. The Hall–Kier alpha value is -2.40. The van der Waals surface area contributed by atoms with E-state index in [0.29, 0.717) is 18.2 Å². The Bertz CT molecular complexity index is 1380. The van der Waals surface area contributed by atoms with Gasteiger partial charge in [-0.15, -0.1) is 11.3 Å². The number of hydrogen-bond donors (Lipinski definition) is 0. The summed E-state index contributed by atoms with van der Waals surface area (Å²) < 4.78 is 32.6. The lowest BCUT2D eigenvalue weighted by atomic mass is 9.87. The lowest BCUT2D eigenvalue weighted by Crippen LogP contribution is -2.67. The number of benzene rings is 2. The summed E-state index contributed by atoms with van der Waals surface area (Å²) in [5.74, 6) is 0.0907. The second-order valence-corrected chi connectivity index (χ2v) is 19.5. The zero-order valence-corrected chi connectivity index (χ0v) is 29.7. The van der Waals surface area contributed by atoms with Crippen LogP contribution in [0.25, 0.3) is 0 Å². The highest BCUT2D eigenvalue weighted by Crippen LogP contribution is 2.48. The molecule has 0 spiro atoms. The van der Waals surface area contributed by atoms with E-state index in [2.05, 4.69) is 86.4 Å². The molecule has 2 saturated heterocycles. The minimum atomic E-state index is -2.72. The maximum atomic E-state index is 12.5. The molecule has 1 unspecified atom stereocenters. The predicted octanol–water partition coefficient (Wildman–Crippen LogP) is 7.05. The van der Waals surface area contributed by atoms with Crippen LogP contribution in [0.2, 0.25) is 5.04 Å². The summed E-state index contributed by atoms with van der Waals surface area (Å²) >= 11 is 1.48. The van der Waals surface area contributed by atoms with Crippen molar-refractivity contribution in [1.82, 2.24) is 4.98 Å². The molecule has 7 nitrogen and oxygen atoms in total. The van der Waals surface area contributed by atoms with Gasteiger partial charge in [-0.1, -0.05) is 81.4 Å². The Labute approximate surface area is 279 Å². The van der Waals surface area contributed by atoms with Crippen LogP contribution in [0.1, 0.15) is 94.7 Å². The molecule has 3 aromatic rings. The Kier molecular flexibility index (Phi) is 10.5. The molecule has 6 atom stereocenters. The van der Waals surface area contributed by atoms with E-state index in [4.69, 9.17) is 23.4 Å². The van der Waals surface area contributed by atoms with E-state index in [1.807, 2.05) is 13.8 Å². The molecule has 0 radical (unpaired) electrons. The molecule has 3 aliphatic rings. The van der Waals surface area contributed by atoms with Crippen molar-refractivity contribution in [1.29, 1.82) is 0 Å². The molecule has 3 fully saturated rings. The van der Waals surface area contributed by atoms with Crippen LogP contribution in [0, 0.1) is 11.8 Å². The van der Waals surface area contributed by atoms with Gasteiger partial charge in [0.1, 0.15) is 11.1 Å². The summed E-state index contributed by atoms with van der Waals surface area (Å²) in [5, 5.41) is 5.09. The lowest BCUT2D eigenvalue weighted by Gasteiger charge is -2.44. The summed E-state index contributed by atoms with van der Waals surface area (Å²) in [7, 11) is -2.72. The number of aromatic nitrogens is 1. The van der Waals surface area contributed by atoms with Gasteiger partial charge in [0, 0.05) is 30.9 Å². The van der Waals surface area contributed by atoms with E-state index in [9.17, 15) is 4.79 Å². The third kappa shape index (κ3) is 7.05. The fourth-order valence-electron chi connectivity index (χ4n) is 7.68. The molecule has 0 amide bonds. The maximum absolute atomic E-state index is 12.5. The van der Waals surface area contributed by atoms with Crippen LogP contribution in [0.4, 0.5) is 0 Å². The van der Waals surface area contributed by atoms with Crippen molar-refractivity contribution in [2.45, 2.75) is 109 Å². The second-order valence-electron chi connectivity index (χ2n) is 14.3. The van der Waals surface area contributed by atoms with Gasteiger partial charge in [0.15, 0.2) is 12.0 Å². The molecule has 6 rings (SSSR count). The van der Waals surface area contributed by atoms with Gasteiger partial charge in [0.2, 0.25) is 0 Å². The standard InChI is InChI=1S/C37H49NO6SSi/c1-25(2)42-36(39)30-24-45-35(38-30)31-20-19-28-29(33(22-32(28)43-31)44-34-18-12-13-21-40-34)23-41-46(37(3,4)5,26-14-8-6-9-15-26)27-16-10-7-11-17-27/h6-11,14-17,24-25,28-29,31-34H,12-13,18-23H2,1-5H3/t28-,29-,31-,32+,33-,34?/m1/s1. The van der Waals surface area contributed by atoms with E-state index < -0.39 is 8.32 Å². The van der Waals surface area contributed by atoms with E-state index in [0.717, 1.165) is 50.1 Å². The molecular formula is C37H49NO6SSi. The highest BCUT2D eigenvalue weighted by atomic mass is 32.1. The number of thiazole rings is 1. The number of rotatable bonds is 10. The summed E-state index contributed by atoms with van der Waals surface area (Å²) in [6, 6.07) is 21.7. The van der Waals surface area contributed by atoms with Crippen LogP contribution >= 0.6 is 11.3 Å². The van der Waals surface area contributed by atoms with Crippen molar-refractivity contribution in [3.63, 3.8) is 0 Å². The topological polar surface area (TPSA) is 76.1 Å². The Morgan fingerprint density at radius 1 is 1.00 bits per heavy atom. The van der Waals surface area contributed by atoms with Crippen LogP contribution in [0.5, 0.6) is 0 Å². The molecular weight excluding hydrogens is 615 g/mol. The van der Waals surface area contributed by atoms with Gasteiger partial charge in [0.05, 0.1) is 18.3 Å². The normalized spacial score (nSPS) is 27.0. The first-order chi connectivity index (χ1) is 22.2. The lowest BCUT2D eigenvalue weighted by molar-refractivity contribution is -0.197. The SMILES string of the molecule is CC(C)OC(=O)c1csc([C@H]2CC[C@@H]3[C@@H](CO[Si](c4ccccc4)(c4ccccc4)C(C)(C)C)[C@H](OC4CCCCO4)C[C@@H]3O2)n1. The van der Waals surface area contributed by atoms with Crippen molar-refractivity contribution < 1.29 is 28.2 Å². The van der Waals surface area contributed by atoms with Crippen molar-refractivity contribution in [2.24, 2.45) is 11.8 Å². The Morgan fingerprint density at radius 2 is 1.70 bits per heavy atom. The molecule has 2 aromatic carbocycles. The summed E-state index contributed by atoms with van der Waals surface area (Å²) in [6.45, 7) is 12.0. The fourth-order valence-corrected chi connectivity index (χ4v) is 13.1. The number of nitrogens with zero attached hydrogens (tertiary/aromatic N) is 1. The van der Waals surface area contributed by atoms with Crippen LogP contribution < -0.4 is 10.4 Å². The average molecular weight is 664 g/mol. The van der Waals surface area contributed by atoms with Crippen molar-refractivity contribution in [3.8, 4) is 0 Å². The minimum Gasteiger partial charge on any atom is -0.458 e. The zero-order chi connectivity index (χ0) is 32.3. The first-order valence-corrected chi connectivity index (χ1v) is 19.8. The molecule has 1 aromatic heterocycles. The Balaban J connectivity index is 1.26. The van der Waals surface area contributed by atoms with Crippen LogP contribution in [0.3, 0.4) is 0 Å². The molecule has 2 aliphatic heterocycles. The van der Waals surface area contributed by atoms with Crippen molar-refractivity contribution in [2.75, 3.05) is 13.2 Å². The van der Waals surface area contributed by atoms with Crippen LogP contribution in [-0.2, 0) is 23.4 Å². The zero-order valence-electron chi connectivity index (χ0n) is 27.9. The third-order valence-electron chi connectivity index (χ3n) is 9.79. The Morgan fingerprint density at radius 3 is 2.30 bits per heavy atom. The van der Waals surface area contributed by atoms with E-state index in [1.165, 1.54) is 21.7 Å². The van der Waals surface area contributed by atoms with Gasteiger partial charge >= 0.3 is 5.97 Å². The first-order valence-electron chi connectivity index (χ1n) is 17.0. The average Bonchev–Trinajstić information content (AvgIpc) is 3.67. The number of hydrogen-bond acceptors (Lipinski definition) is 8. The smallest absolute Gasteiger partial charge is 0.358 e. The number of fused-ring (bicyclic) bond motifs is 1. The molecule has 46 heavy (non-hydrogen) atoms. The number of ether oxygens (including phenoxy) is 4. The van der Waals surface area contributed by atoms with Crippen molar-refractivity contribution in [3.05, 3.63) is 76.7 Å². The summed E-state index contributed by atoms with van der Waals surface area (Å²) in [6.07, 6.45) is 5.24. The summed E-state index contributed by atoms with van der Waals surface area (Å²) in [4.78, 5) is 17.1. The van der Waals surface area contributed by atoms with E-state index >= 15 is 0 Å². The minimum absolute atomic E-state index is 0.0232. The highest BCUT2D eigenvalue weighted by molar-refractivity contribution is 7.09. The van der Waals surface area contributed by atoms with Gasteiger partial charge in [-0.25, -0.2) is 9.78 Å². The van der Waals surface area contributed by atoms with Crippen LogP contribution in [-0.4, -0.2) is 57.1 Å². The first kappa shape index (κ1) is 33.5. The van der Waals surface area contributed by atoms with E-state index in [-0.39, 0.29) is 47.6 Å². The monoisotopic (exact) mass is 663 g/mol. The number of carbonyl (C=O) groups is 1. The second kappa shape index (κ2) is 14.4. The van der Waals surface area contributed by atoms with Gasteiger partial charge in [0.25, 0.3) is 8.32 Å². The van der Waals surface area contributed by atoms with Gasteiger partial charge < -0.3 is 23.4 Å². The van der Waals surface area contributed by atoms with Crippen molar-refractivity contribution >= 4 is 36.0 Å². The fraction of sp³-hybridized carbons (Fsp3) is 0.568. The van der Waals surface area contributed by atoms with Gasteiger partial charge in [-0.05, 0) is 67.3 Å². The maximum Gasteiger partial charge on any atom is 0.358 e. The quantitative estimate of drug-likeness (QED) is 0.170. The molecule has 9 heteroatoms.